The fourth-order valence-corrected chi connectivity index (χ4v) is 18.4. The van der Waals surface area contributed by atoms with Crippen molar-refractivity contribution in [2.75, 3.05) is 38.6 Å². The molecule has 9 heterocycles. The molecule has 27 heteroatoms. The lowest BCUT2D eigenvalue weighted by Crippen LogP contribution is -2.50. The number of hydrogen-bond acceptors (Lipinski definition) is 12. The third kappa shape index (κ3) is 17.1. The van der Waals surface area contributed by atoms with Crippen molar-refractivity contribution in [1.82, 2.24) is 29.4 Å². The summed E-state index contributed by atoms with van der Waals surface area (Å²) < 4.78 is 128. The Hall–Kier alpha value is -8.63. The average molecular weight is 1500 g/mol. The highest BCUT2D eigenvalue weighted by Crippen LogP contribution is 2.45. The summed E-state index contributed by atoms with van der Waals surface area (Å²) in [6, 6.07) is 24.5. The second-order valence-corrected chi connectivity index (χ2v) is 30.9. The summed E-state index contributed by atoms with van der Waals surface area (Å²) in [4.78, 5) is 99.8. The maximum Gasteiger partial charge on any atom is 0.289 e. The molecule has 568 valence electrons. The largest absolute Gasteiger partial charge is 0.378 e. The first kappa shape index (κ1) is 76.6. The molecule has 9 saturated heterocycles. The van der Waals surface area contributed by atoms with Gasteiger partial charge in [0.15, 0.2) is 34.9 Å². The molecule has 6 bridgehead atoms. The van der Waals surface area contributed by atoms with Crippen LogP contribution in [0.25, 0.3) is 0 Å². The molecule has 0 spiro atoms. The van der Waals surface area contributed by atoms with E-state index in [0.717, 1.165) is 87.0 Å². The van der Waals surface area contributed by atoms with Gasteiger partial charge in [0, 0.05) is 127 Å². The molecule has 6 aromatic carbocycles. The summed E-state index contributed by atoms with van der Waals surface area (Å²) in [6.07, 6.45) is 11.0. The van der Waals surface area contributed by atoms with Crippen molar-refractivity contribution >= 4 is 52.4 Å². The van der Waals surface area contributed by atoms with E-state index in [9.17, 15) is 73.1 Å². The number of hydrogen-bond donors (Lipinski definition) is 3. The van der Waals surface area contributed by atoms with Crippen molar-refractivity contribution < 1.29 is 77.8 Å². The van der Waals surface area contributed by atoms with E-state index in [1.54, 1.807) is 53.4 Å². The number of nitrogens with two attached hydrogens (primary N) is 3. The van der Waals surface area contributed by atoms with Crippen LogP contribution in [0.1, 0.15) is 159 Å². The zero-order valence-corrected chi connectivity index (χ0v) is 59.8. The lowest BCUT2D eigenvalue weighted by Gasteiger charge is -2.41. The monoisotopic (exact) mass is 1500 g/mol. The minimum Gasteiger partial charge on any atom is -0.378 e. The molecule has 0 saturated carbocycles. The van der Waals surface area contributed by atoms with Crippen molar-refractivity contribution in [3.05, 3.63) is 212 Å². The number of likely N-dealkylation sites (tertiary alicyclic amines) is 1. The predicted octanol–water partition coefficient (Wildman–Crippen LogP) is 12.0. The van der Waals surface area contributed by atoms with Gasteiger partial charge in [0.2, 0.25) is 11.8 Å². The van der Waals surface area contributed by atoms with Gasteiger partial charge in [-0.1, -0.05) is 42.1 Å². The molecule has 15 rings (SSSR count). The van der Waals surface area contributed by atoms with Gasteiger partial charge in [-0.2, -0.15) is 0 Å². The van der Waals surface area contributed by atoms with Crippen LogP contribution >= 0.6 is 11.8 Å². The van der Waals surface area contributed by atoms with Crippen LogP contribution in [0.2, 0.25) is 0 Å². The predicted molar refractivity (Wildman–Crippen MR) is 380 cm³/mol. The Bertz CT molecular complexity index is 4330. The normalized spacial score (nSPS) is 24.6. The summed E-state index contributed by atoms with van der Waals surface area (Å²) in [7, 11) is 0. The van der Waals surface area contributed by atoms with E-state index in [-0.39, 0.29) is 143 Å². The van der Waals surface area contributed by atoms with Gasteiger partial charge in [0.05, 0.1) is 25.5 Å². The first-order chi connectivity index (χ1) is 51.3. The summed E-state index contributed by atoms with van der Waals surface area (Å²) >= 11 is 0.976. The zero-order valence-electron chi connectivity index (χ0n) is 59.0. The average Bonchev–Trinajstić information content (AvgIpc) is 1.65. The molecule has 6 N–H and O–H groups in total. The van der Waals surface area contributed by atoms with Crippen LogP contribution in [0.4, 0.5) is 44.3 Å². The van der Waals surface area contributed by atoms with Gasteiger partial charge in [0.25, 0.3) is 28.9 Å². The maximum absolute atomic E-state index is 14.1. The van der Waals surface area contributed by atoms with Crippen LogP contribution in [0.3, 0.4) is 0 Å². The molecule has 3 unspecified atom stereocenters. The molecular weight excluding hydrogens is 1420 g/mol. The smallest absolute Gasteiger partial charge is 0.289 e. The number of rotatable bonds is 17. The van der Waals surface area contributed by atoms with Crippen molar-refractivity contribution in [2.24, 2.45) is 35.0 Å². The number of amides is 7. The Morgan fingerprint density at radius 3 is 1.12 bits per heavy atom. The number of carbonyl (C=O) groups is 7. The van der Waals surface area contributed by atoms with Crippen LogP contribution in [-0.2, 0) is 46.7 Å². The number of thioether (sulfide) groups is 1. The minimum atomic E-state index is -1.23. The number of nitrogens with zero attached hydrogens (tertiary/aromatic N) is 6. The molecule has 12 atom stereocenters. The van der Waals surface area contributed by atoms with Crippen molar-refractivity contribution in [2.45, 2.75) is 177 Å². The third-order valence-corrected chi connectivity index (χ3v) is 24.1. The minimum absolute atomic E-state index is 0.000650. The van der Waals surface area contributed by atoms with E-state index >= 15 is 0 Å². The van der Waals surface area contributed by atoms with Crippen LogP contribution < -0.4 is 17.2 Å². The number of halogens is 9. The highest BCUT2D eigenvalue weighted by molar-refractivity contribution is 8.14. The van der Waals surface area contributed by atoms with E-state index in [2.05, 4.69) is 0 Å². The fourth-order valence-electron chi connectivity index (χ4n) is 17.7. The van der Waals surface area contributed by atoms with E-state index < -0.39 is 70.5 Å². The number of carbonyl (C=O) groups excluding carboxylic acids is 7. The fraction of sp³-hybridized carbons (Fsp3) is 0.463. The molecule has 17 nitrogen and oxygen atoms in total. The summed E-state index contributed by atoms with van der Waals surface area (Å²) in [6.45, 7) is 3.48. The SMILES string of the molecule is N[C@H](Cc1cc(F)c(F)cc1F)C1C[C@H]2CC[C@@H](C1)N2C(=O)c1cccc(C(=O)N2CCOCC2)c1.N[C@H](Cc1cc(F)c(F)cc1F)C1C[C@H]2CC[C@@H](C1)N2C(=O)c1cccc(CN2C(=O)CSC2=O)c1.N[C@H](Cc1cc(F)c(F)cc1F)C1C[C@H]2CC[C@@H](C1)N2C(=O)c1cccc(CN2CCCC2=O)c1. The topological polar surface area (TPSA) is 226 Å². The molecule has 0 aliphatic carbocycles. The van der Waals surface area contributed by atoms with Crippen LogP contribution in [0.15, 0.2) is 109 Å². The molecule has 9 aliphatic heterocycles. The molecule has 107 heavy (non-hydrogen) atoms. The van der Waals surface area contributed by atoms with Crippen LogP contribution in [0.5, 0.6) is 0 Å². The van der Waals surface area contributed by atoms with E-state index in [1.165, 1.54) is 4.90 Å². The Balaban J connectivity index is 0.000000142. The van der Waals surface area contributed by atoms with Gasteiger partial charge >= 0.3 is 0 Å². The lowest BCUT2D eigenvalue weighted by atomic mass is 9.82. The maximum atomic E-state index is 14.1. The van der Waals surface area contributed by atoms with Crippen LogP contribution in [-0.4, -0.2) is 163 Å². The Morgan fingerprint density at radius 1 is 0.421 bits per heavy atom. The quantitative estimate of drug-likeness (QED) is 0.0573. The summed E-state index contributed by atoms with van der Waals surface area (Å²) in [5.74, 6) is -9.44. The van der Waals surface area contributed by atoms with Gasteiger partial charge in [-0.3, -0.25) is 38.5 Å². The number of ether oxygens (including phenoxy) is 1. The molecule has 7 amide bonds. The highest BCUT2D eigenvalue weighted by atomic mass is 32.2. The Kier molecular flexibility index (Phi) is 23.7. The summed E-state index contributed by atoms with van der Waals surface area (Å²) in [5, 5.41) is -0.281. The molecule has 9 aliphatic rings. The molecule has 0 radical (unpaired) electrons. The zero-order chi connectivity index (χ0) is 75.6. The molecule has 9 fully saturated rings. The number of fused-ring (bicyclic) bond motifs is 6. The Morgan fingerprint density at radius 2 is 0.766 bits per heavy atom. The van der Waals surface area contributed by atoms with E-state index in [1.807, 2.05) is 43.9 Å². The highest BCUT2D eigenvalue weighted by Gasteiger charge is 2.48. The molecular formula is C80H86F9N9O8S. The van der Waals surface area contributed by atoms with Crippen molar-refractivity contribution in [3.63, 3.8) is 0 Å². The Labute approximate surface area is 618 Å². The lowest BCUT2D eigenvalue weighted by molar-refractivity contribution is -0.128. The van der Waals surface area contributed by atoms with E-state index in [4.69, 9.17) is 21.9 Å². The molecule has 0 aromatic heterocycles. The van der Waals surface area contributed by atoms with Crippen molar-refractivity contribution in [3.8, 4) is 0 Å². The number of imide groups is 1. The van der Waals surface area contributed by atoms with Crippen molar-refractivity contribution in [1.29, 1.82) is 0 Å². The number of benzene rings is 6. The van der Waals surface area contributed by atoms with Crippen LogP contribution in [0, 0.1) is 70.1 Å². The first-order valence-electron chi connectivity index (χ1n) is 36.9. The number of morpholine rings is 1. The van der Waals surface area contributed by atoms with Gasteiger partial charge in [-0.25, -0.2) is 39.5 Å². The van der Waals surface area contributed by atoms with E-state index in [0.29, 0.717) is 124 Å². The second-order valence-electron chi connectivity index (χ2n) is 30.0. The number of piperidine rings is 3. The van der Waals surface area contributed by atoms with Gasteiger partial charge in [-0.05, 0) is 209 Å². The van der Waals surface area contributed by atoms with Gasteiger partial charge in [0.1, 0.15) is 17.5 Å². The standard InChI is InChI=1S/C27H30F3N3O3.C27H30F3N3O2.C26H26F3N3O3S/c28-22-15-24(30)23(29)13-18(22)14-25(31)19-11-20-4-5-21(12-19)33(20)27(35)17-3-1-2-16(10-17)26(34)32-6-8-36-9-7-32;28-22-14-24(30)23(29)12-18(22)13-25(31)19-10-20-6-7-21(11-19)33(20)27(35)17-4-1-3-16(9-17)15-32-8-2-5-26(32)34;27-20-11-22(29)21(28)9-16(20)10-23(30)17-7-18-4-5-19(8-17)32(18)25(34)15-3-1-2-14(6-15)12-31-24(33)13-36-26(31)35/h1-3,10,13,15,19-21,25H,4-9,11-12,14,31H2;1,3-4,9,12,14,19-21,25H,2,5-8,10-11,13,15,31H2;1-3,6,9,11,17-19,23H,4-5,7-8,10,12-13,30H2/t2*19?,20-,21+,25-;17?,18-,19+,23-/m111/s1. The van der Waals surface area contributed by atoms with Gasteiger partial charge in [-0.15, -0.1) is 0 Å². The first-order valence-corrected chi connectivity index (χ1v) is 37.9. The summed E-state index contributed by atoms with van der Waals surface area (Å²) in [5.41, 5.74) is 23.2. The third-order valence-electron chi connectivity index (χ3n) is 23.2. The second kappa shape index (κ2) is 33.1. The van der Waals surface area contributed by atoms with Gasteiger partial charge < -0.3 is 46.4 Å². The molecule has 6 aromatic rings.